The van der Waals surface area contributed by atoms with Crippen LogP contribution >= 0.6 is 11.6 Å². The monoisotopic (exact) mass is 555 g/mol. The molecular formula is C21H25ClIN6O2-. The van der Waals surface area contributed by atoms with Crippen LogP contribution in [0, 0.1) is 0 Å². The molecule has 4 rings (SSSR count). The molecule has 31 heavy (non-hydrogen) atoms. The van der Waals surface area contributed by atoms with E-state index in [0.29, 0.717) is 43.6 Å². The number of aryl methyl sites for hydroxylation is 1. The number of aromatic nitrogens is 3. The smallest absolute Gasteiger partial charge is 0.269 e. The second kappa shape index (κ2) is 9.68. The summed E-state index contributed by atoms with van der Waals surface area (Å²) >= 11 is 6.69. The summed E-state index contributed by atoms with van der Waals surface area (Å²) in [4.78, 5) is 23.9. The zero-order valence-electron chi connectivity index (χ0n) is 17.4. The van der Waals surface area contributed by atoms with E-state index in [1.807, 2.05) is 24.3 Å². The Labute approximate surface area is 195 Å². The number of aliphatic hydroxyl groups is 1. The van der Waals surface area contributed by atoms with Gasteiger partial charge in [0.1, 0.15) is 6.23 Å². The average molecular weight is 556 g/mol. The molecule has 1 aliphatic heterocycles. The molecule has 3 N–H and O–H groups in total. The van der Waals surface area contributed by atoms with Crippen LogP contribution in [0.4, 0.5) is 17.5 Å². The normalized spacial score (nSPS) is 15.5. The van der Waals surface area contributed by atoms with E-state index in [2.05, 4.69) is 25.5 Å². The minimum Gasteiger partial charge on any atom is -0.269 e. The second-order valence-electron chi connectivity index (χ2n) is 7.36. The van der Waals surface area contributed by atoms with Crippen molar-refractivity contribution in [3.8, 4) is 0 Å². The maximum atomic E-state index is 12.6. The van der Waals surface area contributed by atoms with Crippen molar-refractivity contribution in [2.75, 3.05) is 39.2 Å². The molecule has 166 valence electrons. The Morgan fingerprint density at radius 3 is 2.81 bits per heavy atom. The molecule has 0 radical (unpaired) electrons. The van der Waals surface area contributed by atoms with E-state index in [0.717, 1.165) is 29.7 Å². The van der Waals surface area contributed by atoms with Crippen molar-refractivity contribution in [2.45, 2.75) is 12.6 Å². The predicted molar refractivity (Wildman–Crippen MR) is 120 cm³/mol. The van der Waals surface area contributed by atoms with Crippen molar-refractivity contribution in [1.29, 1.82) is 0 Å². The van der Waals surface area contributed by atoms with Crippen molar-refractivity contribution in [2.24, 2.45) is 7.05 Å². The summed E-state index contributed by atoms with van der Waals surface area (Å²) in [6, 6.07) is 7.57. The average Bonchev–Trinajstić information content (AvgIpc) is 2.79. The van der Waals surface area contributed by atoms with Gasteiger partial charge in [0.05, 0.1) is 0 Å². The van der Waals surface area contributed by atoms with Gasteiger partial charge in [-0.1, -0.05) is 0 Å². The Morgan fingerprint density at radius 2 is 2.06 bits per heavy atom. The molecule has 3 heterocycles. The van der Waals surface area contributed by atoms with Gasteiger partial charge in [0.25, 0.3) is 5.56 Å². The third kappa shape index (κ3) is 4.94. The Kier molecular flexibility index (Phi) is 6.95. The van der Waals surface area contributed by atoms with Crippen LogP contribution in [0.15, 0.2) is 35.3 Å². The summed E-state index contributed by atoms with van der Waals surface area (Å²) in [7, 11) is 3.39. The van der Waals surface area contributed by atoms with Crippen molar-refractivity contribution >= 4 is 40.0 Å². The number of pyridine rings is 1. The Morgan fingerprint density at radius 1 is 1.29 bits per heavy atom. The van der Waals surface area contributed by atoms with Gasteiger partial charge in [-0.05, 0) is 7.05 Å². The topological polar surface area (TPSA) is 95.3 Å². The molecule has 1 aliphatic rings. The molecule has 0 amide bonds. The number of benzene rings is 1. The number of rotatable bonds is 6. The van der Waals surface area contributed by atoms with Crippen LogP contribution in [0.3, 0.4) is 0 Å². The standard InChI is InChI=1S/C21H25ClIN6O2/c1-24-18(30)11-14-9-13-10-15(3-4-17(13)28(2)20(14)31)26-19-16(22)12-25-21(27-19)29-7-5-23-6-8-29/h3-4,9-10,12,18,24,30H,5-8,11H2,1-2H3,(H,25,26,27)/q-1. The molecule has 10 heteroatoms. The first-order valence-electron chi connectivity index (χ1n) is 10.0. The molecular weight excluding hydrogens is 531 g/mol. The van der Waals surface area contributed by atoms with Crippen LogP contribution in [0.1, 0.15) is 5.56 Å². The Balaban J connectivity index is 1.65. The number of alkyl halides is 2. The molecule has 0 bridgehead atoms. The van der Waals surface area contributed by atoms with Gasteiger partial charge in [-0.15, -0.1) is 0 Å². The fourth-order valence-corrected chi connectivity index (χ4v) is 6.07. The van der Waals surface area contributed by atoms with Crippen molar-refractivity contribution < 1.29 is 26.3 Å². The number of halogens is 2. The third-order valence-electron chi connectivity index (χ3n) is 5.30. The Hall–Kier alpha value is -1.95. The fraction of sp³-hybridized carbons (Fsp3) is 0.381. The summed E-state index contributed by atoms with van der Waals surface area (Å²) in [5.74, 6) is 1.25. The van der Waals surface area contributed by atoms with Gasteiger partial charge in [-0.25, -0.2) is 0 Å². The van der Waals surface area contributed by atoms with Gasteiger partial charge >= 0.3 is 149 Å². The molecule has 0 saturated carbocycles. The number of anilines is 3. The number of hydrogen-bond donors (Lipinski definition) is 3. The van der Waals surface area contributed by atoms with Crippen LogP contribution in [0.5, 0.6) is 0 Å². The predicted octanol–water partition coefficient (Wildman–Crippen LogP) is -1.29. The summed E-state index contributed by atoms with van der Waals surface area (Å²) in [5.41, 5.74) is 2.05. The number of nitrogens with zero attached hydrogens (tertiary/aromatic N) is 4. The van der Waals surface area contributed by atoms with E-state index in [9.17, 15) is 9.90 Å². The number of nitrogens with one attached hydrogen (secondary N) is 2. The van der Waals surface area contributed by atoms with Gasteiger partial charge in [0.2, 0.25) is 0 Å². The molecule has 3 aromatic rings. The van der Waals surface area contributed by atoms with Crippen molar-refractivity contribution in [3.63, 3.8) is 0 Å². The Bertz CT molecular complexity index is 1150. The third-order valence-corrected chi connectivity index (χ3v) is 8.06. The summed E-state index contributed by atoms with van der Waals surface area (Å²) in [6.07, 6.45) is 1.09. The van der Waals surface area contributed by atoms with E-state index < -0.39 is 6.23 Å². The minimum atomic E-state index is -0.776. The summed E-state index contributed by atoms with van der Waals surface area (Å²) in [6.45, 7) is 2.00. The number of hydrogen-bond acceptors (Lipinski definition) is 7. The van der Waals surface area contributed by atoms with E-state index in [-0.39, 0.29) is 12.0 Å². The zero-order chi connectivity index (χ0) is 22.0. The minimum absolute atomic E-state index is 0.116. The first kappa shape index (κ1) is 22.3. The second-order valence-corrected chi connectivity index (χ2v) is 11.0. The van der Waals surface area contributed by atoms with Gasteiger partial charge < -0.3 is 5.11 Å². The molecule has 2 aromatic heterocycles. The molecule has 1 fully saturated rings. The summed E-state index contributed by atoms with van der Waals surface area (Å²) in [5, 5.41) is 17.3. The molecule has 8 nitrogen and oxygen atoms in total. The van der Waals surface area contributed by atoms with Gasteiger partial charge in [-0.3, -0.25) is 10.1 Å². The maximum absolute atomic E-state index is 12.6. The van der Waals surface area contributed by atoms with Crippen molar-refractivity contribution in [1.82, 2.24) is 19.9 Å². The van der Waals surface area contributed by atoms with E-state index in [1.54, 1.807) is 24.9 Å². The van der Waals surface area contributed by atoms with Gasteiger partial charge in [0, 0.05) is 13.5 Å². The number of aliphatic hydroxyl groups excluding tert-OH is 1. The van der Waals surface area contributed by atoms with Crippen LogP contribution in [-0.4, -0.2) is 54.9 Å². The van der Waals surface area contributed by atoms with Crippen LogP contribution in [0.2, 0.25) is 5.02 Å². The fourth-order valence-electron chi connectivity index (χ4n) is 3.55. The SMILES string of the molecule is CNC(O)Cc1cc2cc(Nc3nc(N4CC[I-]CC4)ncc3Cl)ccc2n(C)c1=O. The van der Waals surface area contributed by atoms with Crippen LogP contribution < -0.4 is 42.3 Å². The quantitative estimate of drug-likeness (QED) is 0.198. The van der Waals surface area contributed by atoms with Crippen molar-refractivity contribution in [3.05, 3.63) is 51.4 Å². The molecule has 1 unspecified atom stereocenters. The molecule has 1 atom stereocenters. The van der Waals surface area contributed by atoms with E-state index in [4.69, 9.17) is 11.6 Å². The molecule has 1 saturated heterocycles. The summed E-state index contributed by atoms with van der Waals surface area (Å²) < 4.78 is 4.11. The van der Waals surface area contributed by atoms with E-state index in [1.165, 1.54) is 8.86 Å². The first-order chi connectivity index (χ1) is 15.0. The first-order valence-corrected chi connectivity index (χ1v) is 13.4. The molecule has 0 aliphatic carbocycles. The number of fused-ring (bicyclic) bond motifs is 1. The van der Waals surface area contributed by atoms with Gasteiger partial charge in [-0.2, -0.15) is 0 Å². The molecule has 1 aromatic carbocycles. The zero-order valence-corrected chi connectivity index (χ0v) is 20.3. The van der Waals surface area contributed by atoms with Gasteiger partial charge in [0.15, 0.2) is 0 Å². The molecule has 0 spiro atoms. The van der Waals surface area contributed by atoms with E-state index >= 15 is 0 Å². The number of likely N-dealkylation sites (N-methyl/N-ethyl adjacent to an activating group) is 1. The van der Waals surface area contributed by atoms with Crippen LogP contribution in [-0.2, 0) is 13.5 Å². The van der Waals surface area contributed by atoms with Crippen LogP contribution in [0.25, 0.3) is 10.9 Å².